The van der Waals surface area contributed by atoms with Crippen molar-refractivity contribution >= 4 is 6.09 Å². The van der Waals surface area contributed by atoms with E-state index in [1.165, 1.54) is 0 Å². The number of hydrogen-bond acceptors (Lipinski definition) is 8. The second-order valence-corrected chi connectivity index (χ2v) is 10.9. The molecule has 228 valence electrons. The van der Waals surface area contributed by atoms with E-state index in [1.54, 1.807) is 24.3 Å². The second kappa shape index (κ2) is 16.8. The molecule has 0 atom stereocenters. The molecule has 0 spiro atoms. The third-order valence-corrected chi connectivity index (χ3v) is 6.16. The van der Waals surface area contributed by atoms with Crippen molar-refractivity contribution in [2.75, 3.05) is 59.9 Å². The first-order valence-electron chi connectivity index (χ1n) is 14.2. The normalized spacial score (nSPS) is 11.5. The van der Waals surface area contributed by atoms with Crippen molar-refractivity contribution < 1.29 is 33.6 Å². The van der Waals surface area contributed by atoms with Crippen LogP contribution in [0.1, 0.15) is 32.0 Å². The minimum absolute atomic E-state index is 0.171. The summed E-state index contributed by atoms with van der Waals surface area (Å²) in [6.45, 7) is 11.3. The molecule has 0 saturated heterocycles. The van der Waals surface area contributed by atoms with E-state index >= 15 is 0 Å². The number of carbonyl (C=O) groups is 1. The first-order valence-corrected chi connectivity index (χ1v) is 14.2. The number of hydrogen-bond donors (Lipinski definition) is 1. The fraction of sp³-hybridized carbons (Fsp3) is 0.455. The van der Waals surface area contributed by atoms with E-state index in [1.807, 2.05) is 57.2 Å². The monoisotopic (exact) mass is 580 g/mol. The molecular weight excluding hydrogens is 536 g/mol. The SMILES string of the molecule is COCCOCCOCCOCCN(Cc1cc(-c2cc(-c3cccc(C)c3)ccc2O)ccn1)C(=O)OC(C)(C)C. The maximum Gasteiger partial charge on any atom is 0.410 e. The third-order valence-electron chi connectivity index (χ3n) is 6.16. The van der Waals surface area contributed by atoms with Gasteiger partial charge in [0.15, 0.2) is 0 Å². The Kier molecular flexibility index (Phi) is 13.2. The highest BCUT2D eigenvalue weighted by Crippen LogP contribution is 2.34. The van der Waals surface area contributed by atoms with Crippen molar-refractivity contribution in [3.63, 3.8) is 0 Å². The molecule has 3 rings (SSSR count). The van der Waals surface area contributed by atoms with Crippen LogP contribution in [0.25, 0.3) is 22.3 Å². The standard InChI is InChI=1S/C33H44N2O7/c1-25-7-6-8-26(21-25)27-9-10-31(36)30(23-27)28-11-12-34-29(22-28)24-35(32(37)42-33(2,3)4)13-14-39-17-18-41-20-19-40-16-15-38-5/h6-12,21-23,36H,13-20,24H2,1-5H3. The average Bonchev–Trinajstić information content (AvgIpc) is 2.94. The van der Waals surface area contributed by atoms with E-state index in [2.05, 4.69) is 24.0 Å². The molecule has 0 bridgehead atoms. The van der Waals surface area contributed by atoms with E-state index in [0.717, 1.165) is 22.3 Å². The smallest absolute Gasteiger partial charge is 0.410 e. The minimum Gasteiger partial charge on any atom is -0.507 e. The highest BCUT2D eigenvalue weighted by molar-refractivity contribution is 5.77. The van der Waals surface area contributed by atoms with Gasteiger partial charge in [0.1, 0.15) is 11.4 Å². The summed E-state index contributed by atoms with van der Waals surface area (Å²) in [4.78, 5) is 19.1. The van der Waals surface area contributed by atoms with E-state index in [-0.39, 0.29) is 12.3 Å². The number of carbonyl (C=O) groups excluding carboxylic acids is 1. The van der Waals surface area contributed by atoms with Crippen molar-refractivity contribution in [3.8, 4) is 28.0 Å². The fourth-order valence-electron chi connectivity index (χ4n) is 4.12. The zero-order valence-electron chi connectivity index (χ0n) is 25.4. The maximum atomic E-state index is 13.0. The highest BCUT2D eigenvalue weighted by atomic mass is 16.6. The minimum atomic E-state index is -0.646. The van der Waals surface area contributed by atoms with Gasteiger partial charge in [-0.2, -0.15) is 0 Å². The molecule has 0 fully saturated rings. The summed E-state index contributed by atoms with van der Waals surface area (Å²) < 4.78 is 27.2. The van der Waals surface area contributed by atoms with Gasteiger partial charge in [0.25, 0.3) is 0 Å². The van der Waals surface area contributed by atoms with Crippen molar-refractivity contribution in [2.45, 2.75) is 39.8 Å². The molecule has 0 aliphatic rings. The van der Waals surface area contributed by atoms with Crippen molar-refractivity contribution in [1.29, 1.82) is 0 Å². The number of phenolic OH excluding ortho intramolecular Hbond substituents is 1. The molecule has 3 aromatic rings. The number of methoxy groups -OCH3 is 1. The van der Waals surface area contributed by atoms with Crippen molar-refractivity contribution in [3.05, 3.63) is 72.1 Å². The lowest BCUT2D eigenvalue weighted by Gasteiger charge is -2.27. The number of phenols is 1. The van der Waals surface area contributed by atoms with Gasteiger partial charge in [-0.1, -0.05) is 35.9 Å². The van der Waals surface area contributed by atoms with Gasteiger partial charge in [-0.25, -0.2) is 4.79 Å². The molecule has 0 aliphatic heterocycles. The number of nitrogens with zero attached hydrogens (tertiary/aromatic N) is 2. The van der Waals surface area contributed by atoms with Crippen LogP contribution in [0.3, 0.4) is 0 Å². The summed E-state index contributed by atoms with van der Waals surface area (Å²) in [5, 5.41) is 10.7. The van der Waals surface area contributed by atoms with Crippen LogP contribution < -0.4 is 0 Å². The molecular formula is C33H44N2O7. The Labute approximate surface area is 249 Å². The molecule has 2 aromatic carbocycles. The number of pyridine rings is 1. The Morgan fingerprint density at radius 1 is 0.833 bits per heavy atom. The van der Waals surface area contributed by atoms with Gasteiger partial charge in [0, 0.05) is 25.4 Å². The molecule has 1 heterocycles. The lowest BCUT2D eigenvalue weighted by Crippen LogP contribution is -2.38. The largest absolute Gasteiger partial charge is 0.507 e. The predicted molar refractivity (Wildman–Crippen MR) is 162 cm³/mol. The zero-order valence-corrected chi connectivity index (χ0v) is 25.4. The Morgan fingerprint density at radius 2 is 1.50 bits per heavy atom. The molecule has 9 heteroatoms. The Morgan fingerprint density at radius 3 is 2.17 bits per heavy atom. The van der Waals surface area contributed by atoms with Crippen LogP contribution in [-0.4, -0.2) is 86.6 Å². The van der Waals surface area contributed by atoms with E-state index in [9.17, 15) is 9.90 Å². The molecule has 1 N–H and O–H groups in total. The summed E-state index contributed by atoms with van der Waals surface area (Å²) in [5.41, 5.74) is 4.74. The quantitative estimate of drug-likeness (QED) is 0.210. The number of rotatable bonds is 16. The topological polar surface area (TPSA) is 99.6 Å². The predicted octanol–water partition coefficient (Wildman–Crippen LogP) is 5.86. The van der Waals surface area contributed by atoms with Crippen LogP contribution in [0.5, 0.6) is 5.75 Å². The molecule has 1 amide bonds. The Hall–Kier alpha value is -3.50. The number of aromatic hydroxyl groups is 1. The first-order chi connectivity index (χ1) is 20.2. The van der Waals surface area contributed by atoms with Crippen molar-refractivity contribution in [2.24, 2.45) is 0 Å². The molecule has 0 radical (unpaired) electrons. The number of ether oxygens (including phenoxy) is 5. The fourth-order valence-corrected chi connectivity index (χ4v) is 4.12. The highest BCUT2D eigenvalue weighted by Gasteiger charge is 2.23. The summed E-state index contributed by atoms with van der Waals surface area (Å²) in [7, 11) is 1.63. The zero-order chi connectivity index (χ0) is 30.4. The molecule has 0 unspecified atom stereocenters. The molecule has 0 saturated carbocycles. The Bertz CT molecular complexity index is 1260. The molecule has 1 aromatic heterocycles. The van der Waals surface area contributed by atoms with E-state index < -0.39 is 11.7 Å². The summed E-state index contributed by atoms with van der Waals surface area (Å²) >= 11 is 0. The van der Waals surface area contributed by atoms with Crippen LogP contribution >= 0.6 is 0 Å². The average molecular weight is 581 g/mol. The second-order valence-electron chi connectivity index (χ2n) is 10.9. The van der Waals surface area contributed by atoms with Gasteiger partial charge in [0.05, 0.1) is 58.5 Å². The van der Waals surface area contributed by atoms with Crippen molar-refractivity contribution in [1.82, 2.24) is 9.88 Å². The van der Waals surface area contributed by atoms with Gasteiger partial charge in [-0.15, -0.1) is 0 Å². The number of benzene rings is 2. The van der Waals surface area contributed by atoms with E-state index in [0.29, 0.717) is 64.1 Å². The van der Waals surface area contributed by atoms with Crippen LogP contribution in [-0.2, 0) is 30.2 Å². The van der Waals surface area contributed by atoms with E-state index in [4.69, 9.17) is 23.7 Å². The Balaban J connectivity index is 1.63. The summed E-state index contributed by atoms with van der Waals surface area (Å²) in [6, 6.07) is 17.5. The van der Waals surface area contributed by atoms with Gasteiger partial charge in [-0.05, 0) is 68.7 Å². The van der Waals surface area contributed by atoms with Crippen LogP contribution in [0.4, 0.5) is 4.79 Å². The number of amides is 1. The summed E-state index contributed by atoms with van der Waals surface area (Å²) in [6.07, 6.45) is 1.23. The van der Waals surface area contributed by atoms with Gasteiger partial charge in [-0.3, -0.25) is 9.88 Å². The molecule has 9 nitrogen and oxygen atoms in total. The van der Waals surface area contributed by atoms with Crippen LogP contribution in [0.2, 0.25) is 0 Å². The van der Waals surface area contributed by atoms with Gasteiger partial charge < -0.3 is 28.8 Å². The lowest BCUT2D eigenvalue weighted by atomic mass is 9.97. The van der Waals surface area contributed by atoms with Gasteiger partial charge >= 0.3 is 6.09 Å². The number of aryl methyl sites for hydroxylation is 1. The lowest BCUT2D eigenvalue weighted by molar-refractivity contribution is -0.00457. The maximum absolute atomic E-state index is 13.0. The van der Waals surface area contributed by atoms with Crippen LogP contribution in [0, 0.1) is 6.92 Å². The van der Waals surface area contributed by atoms with Crippen LogP contribution in [0.15, 0.2) is 60.8 Å². The first kappa shape index (κ1) is 33.0. The third kappa shape index (κ3) is 11.4. The summed E-state index contributed by atoms with van der Waals surface area (Å²) in [5.74, 6) is 0.171. The molecule has 0 aliphatic carbocycles. The number of aromatic nitrogens is 1. The molecule has 42 heavy (non-hydrogen) atoms. The van der Waals surface area contributed by atoms with Gasteiger partial charge in [0.2, 0.25) is 0 Å².